The fourth-order valence-corrected chi connectivity index (χ4v) is 2.66. The third-order valence-electron chi connectivity index (χ3n) is 3.93. The van der Waals surface area contributed by atoms with Gasteiger partial charge >= 0.3 is 12.6 Å². The summed E-state index contributed by atoms with van der Waals surface area (Å²) >= 11 is 0. The molecule has 0 aliphatic carbocycles. The Bertz CT molecular complexity index is 806. The number of aromatic nitrogens is 1. The van der Waals surface area contributed by atoms with E-state index in [9.17, 15) is 18.4 Å². The van der Waals surface area contributed by atoms with Gasteiger partial charge < -0.3 is 14.6 Å². The van der Waals surface area contributed by atoms with Crippen LogP contribution in [0.5, 0.6) is 5.75 Å². The van der Waals surface area contributed by atoms with E-state index in [0.29, 0.717) is 17.0 Å². The van der Waals surface area contributed by atoms with E-state index in [4.69, 9.17) is 4.52 Å². The molecule has 1 N–H and O–H groups in total. The first-order valence-electron chi connectivity index (χ1n) is 7.41. The third-order valence-corrected chi connectivity index (χ3v) is 3.93. The largest absolute Gasteiger partial charge is 0.435 e. The Morgan fingerprint density at radius 3 is 2.56 bits per heavy atom. The van der Waals surface area contributed by atoms with Gasteiger partial charge in [-0.1, -0.05) is 17.3 Å². The maximum absolute atomic E-state index is 12.7. The topological polar surface area (TPSA) is 84.7 Å². The number of nitrogens with zero attached hydrogens (tertiary/aromatic N) is 2. The monoisotopic (exact) mass is 351 g/mol. The average molecular weight is 351 g/mol. The summed E-state index contributed by atoms with van der Waals surface area (Å²) in [5.41, 5.74) is -0.406. The first-order valence-corrected chi connectivity index (χ1v) is 7.41. The predicted molar refractivity (Wildman–Crippen MR) is 80.7 cm³/mol. The van der Waals surface area contributed by atoms with Crippen LogP contribution >= 0.6 is 0 Å². The molecule has 1 aliphatic heterocycles. The van der Waals surface area contributed by atoms with E-state index in [-0.39, 0.29) is 12.3 Å². The quantitative estimate of drug-likeness (QED) is 0.837. The maximum atomic E-state index is 12.7. The molecule has 25 heavy (non-hydrogen) atoms. The van der Waals surface area contributed by atoms with Crippen LogP contribution in [0.3, 0.4) is 0 Å². The van der Waals surface area contributed by atoms with Crippen LogP contribution in [0.15, 0.2) is 34.9 Å². The summed E-state index contributed by atoms with van der Waals surface area (Å²) in [4.78, 5) is 26.0. The second-order valence-corrected chi connectivity index (χ2v) is 5.78. The zero-order chi connectivity index (χ0) is 18.2. The Labute approximate surface area is 141 Å². The normalized spacial score (nSPS) is 20.3. The molecule has 1 fully saturated rings. The molecule has 3 amide bonds. The first kappa shape index (κ1) is 16.9. The Morgan fingerprint density at radius 2 is 2.00 bits per heavy atom. The van der Waals surface area contributed by atoms with Gasteiger partial charge in [-0.15, -0.1) is 0 Å². The van der Waals surface area contributed by atoms with Gasteiger partial charge in [0.1, 0.15) is 22.7 Å². The highest BCUT2D eigenvalue weighted by Crippen LogP contribution is 2.31. The number of nitrogens with one attached hydrogen (secondary N) is 1. The minimum Gasteiger partial charge on any atom is -0.435 e. The minimum atomic E-state index is -2.93. The number of carbonyl (C=O) groups excluding carboxylic acids is 2. The molecule has 1 atom stereocenters. The summed E-state index contributed by atoms with van der Waals surface area (Å²) in [5.74, 6) is 0.0640. The molecule has 132 valence electrons. The number of halogens is 2. The lowest BCUT2D eigenvalue weighted by Crippen LogP contribution is -2.40. The van der Waals surface area contributed by atoms with Crippen molar-refractivity contribution in [3.63, 3.8) is 0 Å². The molecule has 1 saturated heterocycles. The molecule has 0 bridgehead atoms. The van der Waals surface area contributed by atoms with Gasteiger partial charge in [-0.2, -0.15) is 8.78 Å². The summed E-state index contributed by atoms with van der Waals surface area (Å²) in [6.07, 6.45) is 0. The van der Waals surface area contributed by atoms with E-state index in [1.54, 1.807) is 19.9 Å². The van der Waals surface area contributed by atoms with Gasteiger partial charge in [0.05, 0.1) is 6.54 Å². The van der Waals surface area contributed by atoms with E-state index in [1.807, 2.05) is 0 Å². The number of hydrogen-bond donors (Lipinski definition) is 1. The minimum absolute atomic E-state index is 0.0236. The molecule has 2 aromatic rings. The number of benzene rings is 1. The maximum Gasteiger partial charge on any atom is 0.387 e. The summed E-state index contributed by atoms with van der Waals surface area (Å²) in [6.45, 7) is 0.292. The van der Waals surface area contributed by atoms with Crippen LogP contribution in [-0.4, -0.2) is 28.6 Å². The lowest BCUT2D eigenvalue weighted by molar-refractivity contribution is -0.131. The Hall–Kier alpha value is -2.97. The van der Waals surface area contributed by atoms with E-state index in [1.165, 1.54) is 24.3 Å². The highest BCUT2D eigenvalue weighted by atomic mass is 19.3. The van der Waals surface area contributed by atoms with E-state index in [2.05, 4.69) is 15.2 Å². The Morgan fingerprint density at radius 1 is 1.32 bits per heavy atom. The Balaban J connectivity index is 1.81. The van der Waals surface area contributed by atoms with Crippen LogP contribution in [-0.2, 0) is 16.9 Å². The van der Waals surface area contributed by atoms with Crippen LogP contribution in [0.1, 0.15) is 23.9 Å². The number of alkyl halides is 2. The van der Waals surface area contributed by atoms with Crippen LogP contribution in [0.25, 0.3) is 0 Å². The Kier molecular flexibility index (Phi) is 4.15. The van der Waals surface area contributed by atoms with Crippen LogP contribution in [0.2, 0.25) is 0 Å². The van der Waals surface area contributed by atoms with Crippen molar-refractivity contribution in [2.45, 2.75) is 32.5 Å². The predicted octanol–water partition coefficient (Wildman–Crippen LogP) is 2.55. The van der Waals surface area contributed by atoms with E-state index < -0.39 is 24.1 Å². The second kappa shape index (κ2) is 6.15. The molecule has 0 radical (unpaired) electrons. The van der Waals surface area contributed by atoms with Crippen molar-refractivity contribution in [3.05, 3.63) is 47.3 Å². The molecule has 0 saturated carbocycles. The molecule has 0 spiro atoms. The number of carbonyl (C=O) groups is 2. The number of hydrogen-bond acceptors (Lipinski definition) is 5. The summed E-state index contributed by atoms with van der Waals surface area (Å²) in [7, 11) is 0. The van der Waals surface area contributed by atoms with Gasteiger partial charge in [0, 0.05) is 6.07 Å². The zero-order valence-electron chi connectivity index (χ0n) is 13.5. The highest BCUT2D eigenvalue weighted by molar-refractivity contribution is 6.07. The van der Waals surface area contributed by atoms with Gasteiger partial charge in [-0.05, 0) is 31.5 Å². The molecule has 0 unspecified atom stereocenters. The molecule has 3 rings (SSSR count). The highest BCUT2D eigenvalue weighted by Gasteiger charge is 2.49. The molecule has 7 nitrogen and oxygen atoms in total. The molecule has 1 aliphatic rings. The lowest BCUT2D eigenvalue weighted by Gasteiger charge is -2.22. The lowest BCUT2D eigenvalue weighted by atomic mass is 9.92. The summed E-state index contributed by atoms with van der Waals surface area (Å²) in [5, 5.41) is 6.40. The number of imide groups is 1. The number of urea groups is 1. The summed E-state index contributed by atoms with van der Waals surface area (Å²) < 4.78 is 33.6. The van der Waals surface area contributed by atoms with Crippen molar-refractivity contribution >= 4 is 11.9 Å². The van der Waals surface area contributed by atoms with Crippen molar-refractivity contribution in [2.24, 2.45) is 0 Å². The van der Waals surface area contributed by atoms with Crippen molar-refractivity contribution in [1.29, 1.82) is 0 Å². The van der Waals surface area contributed by atoms with Crippen molar-refractivity contribution in [2.75, 3.05) is 0 Å². The fraction of sp³-hybridized carbons (Fsp3) is 0.312. The van der Waals surface area contributed by atoms with Gasteiger partial charge in [0.15, 0.2) is 0 Å². The van der Waals surface area contributed by atoms with Crippen LogP contribution in [0, 0.1) is 6.92 Å². The number of ether oxygens (including phenoxy) is 1. The number of rotatable bonds is 5. The van der Waals surface area contributed by atoms with Crippen molar-refractivity contribution in [3.8, 4) is 5.75 Å². The zero-order valence-corrected chi connectivity index (χ0v) is 13.5. The molecular formula is C16H15F2N3O4. The molecular weight excluding hydrogens is 336 g/mol. The number of aryl methyl sites for hydroxylation is 1. The second-order valence-electron chi connectivity index (χ2n) is 5.78. The summed E-state index contributed by atoms with van der Waals surface area (Å²) in [6, 6.07) is 6.61. The smallest absolute Gasteiger partial charge is 0.387 e. The van der Waals surface area contributed by atoms with Crippen molar-refractivity contribution in [1.82, 2.24) is 15.4 Å². The van der Waals surface area contributed by atoms with E-state index in [0.717, 1.165) is 4.90 Å². The first-order chi connectivity index (χ1) is 11.8. The van der Waals surface area contributed by atoms with Crippen molar-refractivity contribution < 1.29 is 27.6 Å². The third kappa shape index (κ3) is 3.17. The van der Waals surface area contributed by atoms with Crippen LogP contribution in [0.4, 0.5) is 13.6 Å². The van der Waals surface area contributed by atoms with Gasteiger partial charge in [-0.3, -0.25) is 9.69 Å². The SMILES string of the molecule is Cc1cc(CN2C(=O)N[C@](C)(c3ccc(OC(F)F)cc3)C2=O)no1. The fourth-order valence-electron chi connectivity index (χ4n) is 2.66. The average Bonchev–Trinajstić information content (AvgIpc) is 3.05. The molecule has 9 heteroatoms. The number of amides is 3. The van der Waals surface area contributed by atoms with Crippen LogP contribution < -0.4 is 10.1 Å². The van der Waals surface area contributed by atoms with E-state index >= 15 is 0 Å². The van der Waals surface area contributed by atoms with Gasteiger partial charge in [-0.25, -0.2) is 4.79 Å². The molecule has 1 aromatic carbocycles. The molecule has 2 heterocycles. The van der Waals surface area contributed by atoms with Gasteiger partial charge in [0.25, 0.3) is 5.91 Å². The molecule has 1 aromatic heterocycles. The van der Waals surface area contributed by atoms with Gasteiger partial charge in [0.2, 0.25) is 0 Å². The standard InChI is InChI=1S/C16H15F2N3O4/c1-9-7-11(20-25-9)8-21-13(22)16(2,19-15(21)23)10-3-5-12(6-4-10)24-14(17)18/h3-7,14H,8H2,1-2H3,(H,19,23)/t16-/m1/s1.